The van der Waals surface area contributed by atoms with Crippen molar-refractivity contribution in [1.82, 2.24) is 10.2 Å². The van der Waals surface area contributed by atoms with Crippen molar-refractivity contribution in [1.29, 1.82) is 0 Å². The van der Waals surface area contributed by atoms with Crippen molar-refractivity contribution in [3.8, 4) is 5.75 Å². The van der Waals surface area contributed by atoms with Gasteiger partial charge < -0.3 is 14.8 Å². The molecule has 2 heterocycles. The lowest BCUT2D eigenvalue weighted by atomic mass is 10.1. The molecule has 2 N–H and O–H groups in total. The van der Waals surface area contributed by atoms with E-state index in [0.29, 0.717) is 11.6 Å². The van der Waals surface area contributed by atoms with E-state index in [1.54, 1.807) is 18.2 Å². The Labute approximate surface area is 116 Å². The molecule has 0 aliphatic carbocycles. The molecular formula is C15H18N2O3. The smallest absolute Gasteiger partial charge is 0.336 e. The first-order chi connectivity index (χ1) is 9.61. The largest absolute Gasteiger partial charge is 0.508 e. The molecule has 0 spiro atoms. The third kappa shape index (κ3) is 2.69. The van der Waals surface area contributed by atoms with Crippen LogP contribution in [0.2, 0.25) is 0 Å². The fraction of sp³-hybridized carbons (Fsp3) is 0.400. The summed E-state index contributed by atoms with van der Waals surface area (Å²) >= 11 is 0. The molecule has 106 valence electrons. The molecule has 1 fully saturated rings. The summed E-state index contributed by atoms with van der Waals surface area (Å²) in [6.07, 6.45) is 0. The van der Waals surface area contributed by atoms with E-state index in [-0.39, 0.29) is 11.4 Å². The van der Waals surface area contributed by atoms with E-state index in [2.05, 4.69) is 17.1 Å². The van der Waals surface area contributed by atoms with Gasteiger partial charge in [-0.05, 0) is 24.6 Å². The maximum absolute atomic E-state index is 11.6. The van der Waals surface area contributed by atoms with E-state index < -0.39 is 0 Å². The molecule has 0 amide bonds. The average Bonchev–Trinajstić information content (AvgIpc) is 2.37. The minimum atomic E-state index is -0.374. The van der Waals surface area contributed by atoms with Crippen LogP contribution in [0.25, 0.3) is 11.0 Å². The van der Waals surface area contributed by atoms with Crippen LogP contribution in [0.5, 0.6) is 5.75 Å². The van der Waals surface area contributed by atoms with Crippen LogP contribution in [-0.4, -0.2) is 35.7 Å². The Hall–Kier alpha value is -1.85. The van der Waals surface area contributed by atoms with Crippen LogP contribution < -0.4 is 10.9 Å². The van der Waals surface area contributed by atoms with E-state index in [4.69, 9.17) is 4.42 Å². The number of aromatic hydroxyl groups is 1. The molecule has 0 radical (unpaired) electrons. The molecule has 1 aromatic heterocycles. The number of hydrogen-bond acceptors (Lipinski definition) is 5. The summed E-state index contributed by atoms with van der Waals surface area (Å²) in [4.78, 5) is 14.0. The summed E-state index contributed by atoms with van der Waals surface area (Å²) in [6.45, 7) is 5.76. The molecule has 1 atom stereocenters. The zero-order valence-electron chi connectivity index (χ0n) is 11.4. The summed E-state index contributed by atoms with van der Waals surface area (Å²) in [5.74, 6) is 0.105. The van der Waals surface area contributed by atoms with Gasteiger partial charge >= 0.3 is 5.63 Å². The molecule has 0 bridgehead atoms. The van der Waals surface area contributed by atoms with Crippen LogP contribution >= 0.6 is 0 Å². The zero-order chi connectivity index (χ0) is 14.1. The third-order valence-electron chi connectivity index (χ3n) is 3.66. The molecule has 0 unspecified atom stereocenters. The van der Waals surface area contributed by atoms with Gasteiger partial charge in [0.25, 0.3) is 0 Å². The minimum Gasteiger partial charge on any atom is -0.508 e. The Morgan fingerprint density at radius 2 is 2.30 bits per heavy atom. The van der Waals surface area contributed by atoms with Gasteiger partial charge in [0, 0.05) is 49.7 Å². The van der Waals surface area contributed by atoms with E-state index in [1.807, 2.05) is 0 Å². The number of nitrogens with one attached hydrogen (secondary N) is 1. The SMILES string of the molecule is C[C@@H]1CN(Cc2cc(=O)oc3cc(O)ccc23)CCN1. The molecule has 1 saturated heterocycles. The molecule has 5 nitrogen and oxygen atoms in total. The molecule has 0 saturated carbocycles. The number of hydrogen-bond donors (Lipinski definition) is 2. The summed E-state index contributed by atoms with van der Waals surface area (Å²) in [5, 5.41) is 13.8. The van der Waals surface area contributed by atoms with Crippen LogP contribution in [0.3, 0.4) is 0 Å². The van der Waals surface area contributed by atoms with Gasteiger partial charge in [-0.25, -0.2) is 4.79 Å². The summed E-state index contributed by atoms with van der Waals surface area (Å²) in [6, 6.07) is 6.91. The van der Waals surface area contributed by atoms with E-state index in [0.717, 1.165) is 37.1 Å². The summed E-state index contributed by atoms with van der Waals surface area (Å²) < 4.78 is 5.15. The maximum atomic E-state index is 11.6. The van der Waals surface area contributed by atoms with E-state index in [1.165, 1.54) is 6.07 Å². The van der Waals surface area contributed by atoms with Crippen LogP contribution in [0.1, 0.15) is 12.5 Å². The second-order valence-electron chi connectivity index (χ2n) is 5.36. The zero-order valence-corrected chi connectivity index (χ0v) is 11.4. The Morgan fingerprint density at radius 3 is 3.10 bits per heavy atom. The number of phenolic OH excluding ortho intramolecular Hbond substituents is 1. The lowest BCUT2D eigenvalue weighted by Crippen LogP contribution is -2.48. The van der Waals surface area contributed by atoms with Crippen molar-refractivity contribution in [3.63, 3.8) is 0 Å². The number of fused-ring (bicyclic) bond motifs is 1. The molecule has 1 aliphatic rings. The molecule has 5 heteroatoms. The lowest BCUT2D eigenvalue weighted by molar-refractivity contribution is 0.200. The maximum Gasteiger partial charge on any atom is 0.336 e. The number of rotatable bonds is 2. The van der Waals surface area contributed by atoms with Crippen molar-refractivity contribution < 1.29 is 9.52 Å². The third-order valence-corrected chi connectivity index (χ3v) is 3.66. The first-order valence-electron chi connectivity index (χ1n) is 6.83. The molecule has 2 aromatic rings. The predicted octanol–water partition coefficient (Wildman–Crippen LogP) is 1.29. The second-order valence-corrected chi connectivity index (χ2v) is 5.36. The van der Waals surface area contributed by atoms with Gasteiger partial charge in [-0.1, -0.05) is 0 Å². The van der Waals surface area contributed by atoms with Crippen molar-refractivity contribution >= 4 is 11.0 Å². The predicted molar refractivity (Wildman–Crippen MR) is 76.9 cm³/mol. The lowest BCUT2D eigenvalue weighted by Gasteiger charge is -2.31. The number of nitrogens with zero attached hydrogens (tertiary/aromatic N) is 1. The van der Waals surface area contributed by atoms with Crippen molar-refractivity contribution in [2.24, 2.45) is 0 Å². The van der Waals surface area contributed by atoms with E-state index >= 15 is 0 Å². The van der Waals surface area contributed by atoms with Crippen molar-refractivity contribution in [3.05, 3.63) is 40.2 Å². The molecule has 3 rings (SSSR count). The highest BCUT2D eigenvalue weighted by atomic mass is 16.4. The highest BCUT2D eigenvalue weighted by molar-refractivity contribution is 5.81. The quantitative estimate of drug-likeness (QED) is 0.808. The van der Waals surface area contributed by atoms with Crippen molar-refractivity contribution in [2.45, 2.75) is 19.5 Å². The second kappa shape index (κ2) is 5.26. The van der Waals surface area contributed by atoms with Gasteiger partial charge in [0.05, 0.1) is 0 Å². The van der Waals surface area contributed by atoms with Crippen LogP contribution in [0, 0.1) is 0 Å². The van der Waals surface area contributed by atoms with Gasteiger partial charge in [0.2, 0.25) is 0 Å². The molecular weight excluding hydrogens is 256 g/mol. The molecule has 1 aromatic carbocycles. The standard InChI is InChI=1S/C15H18N2O3/c1-10-8-17(5-4-16-10)9-11-6-15(19)20-14-7-12(18)2-3-13(11)14/h2-3,6-7,10,16,18H,4-5,8-9H2,1H3/t10-/m1/s1. The first kappa shape index (κ1) is 13.1. The Morgan fingerprint density at radius 1 is 1.45 bits per heavy atom. The Balaban J connectivity index is 1.96. The van der Waals surface area contributed by atoms with Gasteiger partial charge in [0.15, 0.2) is 0 Å². The summed E-state index contributed by atoms with van der Waals surface area (Å²) in [7, 11) is 0. The van der Waals surface area contributed by atoms with Gasteiger partial charge in [-0.2, -0.15) is 0 Å². The van der Waals surface area contributed by atoms with Crippen molar-refractivity contribution in [2.75, 3.05) is 19.6 Å². The fourth-order valence-corrected chi connectivity index (χ4v) is 2.75. The number of benzene rings is 1. The normalized spacial score (nSPS) is 20.4. The van der Waals surface area contributed by atoms with E-state index in [9.17, 15) is 9.90 Å². The van der Waals surface area contributed by atoms with Gasteiger partial charge in [-0.3, -0.25) is 4.90 Å². The molecule has 1 aliphatic heterocycles. The van der Waals surface area contributed by atoms with Crippen LogP contribution in [0.4, 0.5) is 0 Å². The monoisotopic (exact) mass is 274 g/mol. The number of piperazine rings is 1. The van der Waals surface area contributed by atoms with Crippen LogP contribution in [-0.2, 0) is 6.54 Å². The van der Waals surface area contributed by atoms with Gasteiger partial charge in [-0.15, -0.1) is 0 Å². The topological polar surface area (TPSA) is 65.7 Å². The van der Waals surface area contributed by atoms with Crippen LogP contribution in [0.15, 0.2) is 33.5 Å². The summed E-state index contributed by atoms with van der Waals surface area (Å²) in [5.41, 5.74) is 1.02. The Bertz CT molecular complexity index is 680. The van der Waals surface area contributed by atoms with Gasteiger partial charge in [0.1, 0.15) is 11.3 Å². The first-order valence-corrected chi connectivity index (χ1v) is 6.83. The highest BCUT2D eigenvalue weighted by Crippen LogP contribution is 2.23. The molecule has 20 heavy (non-hydrogen) atoms. The Kier molecular flexibility index (Phi) is 3.46. The number of phenols is 1. The minimum absolute atomic E-state index is 0.105. The highest BCUT2D eigenvalue weighted by Gasteiger charge is 2.17. The fourth-order valence-electron chi connectivity index (χ4n) is 2.75. The average molecular weight is 274 g/mol.